The van der Waals surface area contributed by atoms with Crippen molar-refractivity contribution < 1.29 is 9.15 Å². The molecule has 0 amide bonds. The first-order valence-electron chi connectivity index (χ1n) is 6.79. The highest BCUT2D eigenvalue weighted by atomic mass is 16.5. The van der Waals surface area contributed by atoms with E-state index in [2.05, 4.69) is 17.2 Å². The summed E-state index contributed by atoms with van der Waals surface area (Å²) in [5.74, 6) is 1.61. The normalized spacial score (nSPS) is 12.0. The predicted octanol–water partition coefficient (Wildman–Crippen LogP) is 2.92. The summed E-state index contributed by atoms with van der Waals surface area (Å²) < 4.78 is 11.3. The monoisotopic (exact) mass is 254 g/mol. The van der Waals surface area contributed by atoms with Gasteiger partial charge in [0, 0.05) is 6.42 Å². The van der Waals surface area contributed by atoms with Gasteiger partial charge in [0.2, 0.25) is 0 Å². The molecule has 0 aromatic carbocycles. The van der Waals surface area contributed by atoms with Crippen molar-refractivity contribution >= 4 is 0 Å². The van der Waals surface area contributed by atoms with E-state index in [1.807, 2.05) is 20.8 Å². The number of nitrogens with one attached hydrogen (secondary N) is 1. The molecule has 0 radical (unpaired) electrons. The van der Waals surface area contributed by atoms with Gasteiger partial charge in [-0.2, -0.15) is 0 Å². The van der Waals surface area contributed by atoms with Gasteiger partial charge in [-0.25, -0.2) is 4.98 Å². The lowest BCUT2D eigenvalue weighted by Crippen LogP contribution is -2.18. The van der Waals surface area contributed by atoms with Crippen molar-refractivity contribution in [3.63, 3.8) is 0 Å². The van der Waals surface area contributed by atoms with Crippen molar-refractivity contribution in [1.29, 1.82) is 0 Å². The SMILES string of the molecule is CCCNCCCc1ncc(COC(C)(C)C)o1. The van der Waals surface area contributed by atoms with Crippen molar-refractivity contribution in [2.24, 2.45) is 0 Å². The van der Waals surface area contributed by atoms with E-state index >= 15 is 0 Å². The molecular weight excluding hydrogens is 228 g/mol. The maximum absolute atomic E-state index is 5.64. The molecule has 0 spiro atoms. The lowest BCUT2D eigenvalue weighted by molar-refractivity contribution is -0.0227. The standard InChI is InChI=1S/C14H26N2O2/c1-5-8-15-9-6-7-13-16-10-12(18-13)11-17-14(2,3)4/h10,15H,5-9,11H2,1-4H3. The van der Waals surface area contributed by atoms with E-state index in [1.165, 1.54) is 6.42 Å². The number of oxazole rings is 1. The van der Waals surface area contributed by atoms with Crippen LogP contribution in [0, 0.1) is 0 Å². The van der Waals surface area contributed by atoms with Gasteiger partial charge in [-0.1, -0.05) is 6.92 Å². The van der Waals surface area contributed by atoms with Gasteiger partial charge in [0.15, 0.2) is 5.89 Å². The van der Waals surface area contributed by atoms with Crippen molar-refractivity contribution in [3.05, 3.63) is 17.8 Å². The van der Waals surface area contributed by atoms with Crippen molar-refractivity contribution in [1.82, 2.24) is 10.3 Å². The summed E-state index contributed by atoms with van der Waals surface area (Å²) in [4.78, 5) is 4.26. The minimum Gasteiger partial charge on any atom is -0.443 e. The zero-order valence-corrected chi connectivity index (χ0v) is 12.1. The van der Waals surface area contributed by atoms with Crippen LogP contribution in [0.15, 0.2) is 10.6 Å². The number of hydrogen-bond donors (Lipinski definition) is 1. The average molecular weight is 254 g/mol. The van der Waals surface area contributed by atoms with Crippen LogP contribution in [0.1, 0.15) is 52.2 Å². The molecule has 1 heterocycles. The van der Waals surface area contributed by atoms with Crippen LogP contribution in [-0.4, -0.2) is 23.7 Å². The summed E-state index contributed by atoms with van der Waals surface area (Å²) >= 11 is 0. The summed E-state index contributed by atoms with van der Waals surface area (Å²) in [6, 6.07) is 0. The molecule has 0 aliphatic carbocycles. The van der Waals surface area contributed by atoms with Gasteiger partial charge in [0.1, 0.15) is 12.4 Å². The topological polar surface area (TPSA) is 47.3 Å². The molecular formula is C14H26N2O2. The van der Waals surface area contributed by atoms with E-state index in [0.29, 0.717) is 6.61 Å². The minimum atomic E-state index is -0.142. The molecule has 1 aromatic rings. The molecule has 104 valence electrons. The molecule has 0 bridgehead atoms. The molecule has 1 N–H and O–H groups in total. The molecule has 1 rings (SSSR count). The van der Waals surface area contributed by atoms with Gasteiger partial charge >= 0.3 is 0 Å². The number of rotatable bonds is 8. The quantitative estimate of drug-likeness (QED) is 0.725. The van der Waals surface area contributed by atoms with Crippen LogP contribution in [0.4, 0.5) is 0 Å². The average Bonchev–Trinajstić information content (AvgIpc) is 2.73. The Morgan fingerprint density at radius 2 is 2.11 bits per heavy atom. The molecule has 0 aliphatic heterocycles. The molecule has 4 nitrogen and oxygen atoms in total. The first kappa shape index (κ1) is 15.2. The van der Waals surface area contributed by atoms with Gasteiger partial charge in [0.25, 0.3) is 0 Å². The van der Waals surface area contributed by atoms with Gasteiger partial charge in [-0.3, -0.25) is 0 Å². The number of nitrogens with zero attached hydrogens (tertiary/aromatic N) is 1. The molecule has 0 saturated carbocycles. The lowest BCUT2D eigenvalue weighted by atomic mass is 10.2. The predicted molar refractivity (Wildman–Crippen MR) is 72.5 cm³/mol. The maximum atomic E-state index is 5.64. The van der Waals surface area contributed by atoms with E-state index < -0.39 is 0 Å². The van der Waals surface area contributed by atoms with Gasteiger partial charge in [-0.05, 0) is 46.7 Å². The first-order chi connectivity index (χ1) is 8.51. The zero-order chi connectivity index (χ0) is 13.4. The Hall–Kier alpha value is -0.870. The van der Waals surface area contributed by atoms with E-state index in [0.717, 1.165) is 37.6 Å². The number of aromatic nitrogens is 1. The second-order valence-electron chi connectivity index (χ2n) is 5.47. The Balaban J connectivity index is 2.22. The van der Waals surface area contributed by atoms with Gasteiger partial charge in [0.05, 0.1) is 11.8 Å². The van der Waals surface area contributed by atoms with Gasteiger partial charge in [-0.15, -0.1) is 0 Å². The summed E-state index contributed by atoms with van der Waals surface area (Å²) in [6.07, 6.45) is 4.88. The fourth-order valence-corrected chi connectivity index (χ4v) is 1.48. The second-order valence-corrected chi connectivity index (χ2v) is 5.47. The van der Waals surface area contributed by atoms with Gasteiger partial charge < -0.3 is 14.5 Å². The zero-order valence-electron chi connectivity index (χ0n) is 12.1. The fraction of sp³-hybridized carbons (Fsp3) is 0.786. The molecule has 18 heavy (non-hydrogen) atoms. The molecule has 0 aliphatic rings. The molecule has 0 atom stereocenters. The number of ether oxygens (including phenoxy) is 1. The lowest BCUT2D eigenvalue weighted by Gasteiger charge is -2.18. The molecule has 0 saturated heterocycles. The third-order valence-corrected chi connectivity index (χ3v) is 2.42. The molecule has 0 unspecified atom stereocenters. The molecule has 0 fully saturated rings. The minimum absolute atomic E-state index is 0.142. The van der Waals surface area contributed by atoms with Crippen LogP contribution in [-0.2, 0) is 17.8 Å². The Kier molecular flexibility index (Phi) is 6.36. The highest BCUT2D eigenvalue weighted by Gasteiger charge is 2.12. The number of aryl methyl sites for hydroxylation is 1. The number of hydrogen-bond acceptors (Lipinski definition) is 4. The van der Waals surface area contributed by atoms with Crippen LogP contribution >= 0.6 is 0 Å². The van der Waals surface area contributed by atoms with E-state index in [4.69, 9.17) is 9.15 Å². The Morgan fingerprint density at radius 1 is 1.33 bits per heavy atom. The Morgan fingerprint density at radius 3 is 2.78 bits per heavy atom. The fourth-order valence-electron chi connectivity index (χ4n) is 1.48. The van der Waals surface area contributed by atoms with E-state index in [9.17, 15) is 0 Å². The first-order valence-corrected chi connectivity index (χ1v) is 6.79. The van der Waals surface area contributed by atoms with Crippen molar-refractivity contribution in [3.8, 4) is 0 Å². The second kappa shape index (κ2) is 7.54. The summed E-state index contributed by atoms with van der Waals surface area (Å²) in [5.41, 5.74) is -0.142. The maximum Gasteiger partial charge on any atom is 0.194 e. The van der Waals surface area contributed by atoms with E-state index in [-0.39, 0.29) is 5.60 Å². The van der Waals surface area contributed by atoms with Crippen LogP contribution < -0.4 is 5.32 Å². The Bertz CT molecular complexity index is 329. The van der Waals surface area contributed by atoms with E-state index in [1.54, 1.807) is 6.20 Å². The summed E-state index contributed by atoms with van der Waals surface area (Å²) in [7, 11) is 0. The summed E-state index contributed by atoms with van der Waals surface area (Å²) in [6.45, 7) is 10.9. The highest BCUT2D eigenvalue weighted by Crippen LogP contribution is 2.13. The summed E-state index contributed by atoms with van der Waals surface area (Å²) in [5, 5.41) is 3.36. The molecule has 4 heteroatoms. The molecule has 1 aromatic heterocycles. The van der Waals surface area contributed by atoms with Crippen LogP contribution in [0.5, 0.6) is 0 Å². The largest absolute Gasteiger partial charge is 0.443 e. The third-order valence-electron chi connectivity index (χ3n) is 2.42. The Labute approximate surface area is 110 Å². The van der Waals surface area contributed by atoms with Crippen molar-refractivity contribution in [2.75, 3.05) is 13.1 Å². The van der Waals surface area contributed by atoms with Crippen LogP contribution in [0.2, 0.25) is 0 Å². The third kappa shape index (κ3) is 6.77. The smallest absolute Gasteiger partial charge is 0.194 e. The highest BCUT2D eigenvalue weighted by molar-refractivity contribution is 4.93. The van der Waals surface area contributed by atoms with Crippen molar-refractivity contribution in [2.45, 2.75) is 59.2 Å². The van der Waals surface area contributed by atoms with Crippen LogP contribution in [0.25, 0.3) is 0 Å². The van der Waals surface area contributed by atoms with Crippen LogP contribution in [0.3, 0.4) is 0 Å².